The van der Waals surface area contributed by atoms with Gasteiger partial charge in [0.1, 0.15) is 5.75 Å². The lowest BCUT2D eigenvalue weighted by Gasteiger charge is -2.12. The van der Waals surface area contributed by atoms with Crippen LogP contribution in [-0.4, -0.2) is 7.11 Å². The van der Waals surface area contributed by atoms with E-state index in [4.69, 9.17) is 4.74 Å². The van der Waals surface area contributed by atoms with Crippen LogP contribution in [0.3, 0.4) is 0 Å². The highest BCUT2D eigenvalue weighted by Crippen LogP contribution is 2.28. The first-order chi connectivity index (χ1) is 9.30. The standard InChI is InChI=1S/C16H12N2O/c1-19-14-7-8-15(13(9-14)10-17)16(11-18)12-5-3-2-4-6-12/h2-9,16H,1H3. The molecule has 2 aromatic rings. The highest BCUT2D eigenvalue weighted by molar-refractivity contribution is 5.50. The Balaban J connectivity index is 2.52. The molecular formula is C16H12N2O. The summed E-state index contributed by atoms with van der Waals surface area (Å²) in [6.45, 7) is 0. The zero-order chi connectivity index (χ0) is 13.7. The fourth-order valence-electron chi connectivity index (χ4n) is 1.98. The second-order valence-corrected chi connectivity index (χ2v) is 4.04. The second kappa shape index (κ2) is 5.71. The summed E-state index contributed by atoms with van der Waals surface area (Å²) in [6.07, 6.45) is 0. The van der Waals surface area contributed by atoms with Gasteiger partial charge in [0.05, 0.1) is 30.7 Å². The monoisotopic (exact) mass is 248 g/mol. The van der Waals surface area contributed by atoms with Crippen molar-refractivity contribution in [3.05, 3.63) is 65.2 Å². The van der Waals surface area contributed by atoms with Gasteiger partial charge in [-0.25, -0.2) is 0 Å². The van der Waals surface area contributed by atoms with Crippen molar-refractivity contribution in [1.82, 2.24) is 0 Å². The first kappa shape index (κ1) is 12.7. The van der Waals surface area contributed by atoms with Gasteiger partial charge < -0.3 is 4.74 Å². The minimum Gasteiger partial charge on any atom is -0.497 e. The molecule has 92 valence electrons. The number of hydrogen-bond donors (Lipinski definition) is 0. The maximum absolute atomic E-state index is 9.39. The lowest BCUT2D eigenvalue weighted by molar-refractivity contribution is 0.414. The van der Waals surface area contributed by atoms with Crippen molar-refractivity contribution < 1.29 is 4.74 Å². The van der Waals surface area contributed by atoms with Gasteiger partial charge in [-0.3, -0.25) is 0 Å². The maximum atomic E-state index is 9.39. The number of rotatable bonds is 3. The van der Waals surface area contributed by atoms with E-state index in [-0.39, 0.29) is 0 Å². The van der Waals surface area contributed by atoms with Gasteiger partial charge in [-0.1, -0.05) is 36.4 Å². The van der Waals surface area contributed by atoms with E-state index in [0.717, 1.165) is 5.56 Å². The highest BCUT2D eigenvalue weighted by atomic mass is 16.5. The number of ether oxygens (including phenoxy) is 1. The molecule has 0 heterocycles. The lowest BCUT2D eigenvalue weighted by Crippen LogP contribution is -2.01. The van der Waals surface area contributed by atoms with Crippen LogP contribution in [0.5, 0.6) is 5.75 Å². The summed E-state index contributed by atoms with van der Waals surface area (Å²) in [5.74, 6) is 0.173. The first-order valence-electron chi connectivity index (χ1n) is 5.82. The van der Waals surface area contributed by atoms with Crippen molar-refractivity contribution in [2.24, 2.45) is 0 Å². The molecule has 2 aromatic carbocycles. The Morgan fingerprint density at radius 1 is 1.05 bits per heavy atom. The molecule has 0 aromatic heterocycles. The Bertz CT molecular complexity index is 651. The summed E-state index contributed by atoms with van der Waals surface area (Å²) in [4.78, 5) is 0. The zero-order valence-electron chi connectivity index (χ0n) is 10.5. The lowest BCUT2D eigenvalue weighted by atomic mass is 9.89. The Hall–Kier alpha value is -2.78. The van der Waals surface area contributed by atoms with E-state index in [0.29, 0.717) is 16.9 Å². The van der Waals surface area contributed by atoms with Crippen molar-refractivity contribution in [3.8, 4) is 17.9 Å². The van der Waals surface area contributed by atoms with Gasteiger partial charge in [0.15, 0.2) is 0 Å². The quantitative estimate of drug-likeness (QED) is 0.837. The molecule has 0 aliphatic carbocycles. The molecule has 19 heavy (non-hydrogen) atoms. The van der Waals surface area contributed by atoms with Crippen molar-refractivity contribution in [1.29, 1.82) is 10.5 Å². The summed E-state index contributed by atoms with van der Waals surface area (Å²) in [5, 5.41) is 18.6. The van der Waals surface area contributed by atoms with E-state index in [2.05, 4.69) is 12.1 Å². The van der Waals surface area contributed by atoms with E-state index in [9.17, 15) is 10.5 Å². The molecule has 0 radical (unpaired) electrons. The smallest absolute Gasteiger partial charge is 0.120 e. The zero-order valence-corrected chi connectivity index (χ0v) is 10.5. The third-order valence-electron chi connectivity index (χ3n) is 2.95. The van der Waals surface area contributed by atoms with Crippen LogP contribution in [0.1, 0.15) is 22.6 Å². The van der Waals surface area contributed by atoms with Crippen LogP contribution < -0.4 is 4.74 Å². The molecule has 0 aliphatic rings. The predicted octanol–water partition coefficient (Wildman–Crippen LogP) is 3.22. The first-order valence-corrected chi connectivity index (χ1v) is 5.82. The van der Waals surface area contributed by atoms with E-state index >= 15 is 0 Å². The van der Waals surface area contributed by atoms with Gasteiger partial charge in [-0.15, -0.1) is 0 Å². The summed E-state index contributed by atoms with van der Waals surface area (Å²) in [5.41, 5.74) is 2.05. The number of nitrogens with zero attached hydrogens (tertiary/aromatic N) is 2. The molecule has 0 amide bonds. The minimum absolute atomic E-state index is 0.443. The number of nitriles is 2. The average molecular weight is 248 g/mol. The number of hydrogen-bond acceptors (Lipinski definition) is 3. The Morgan fingerprint density at radius 3 is 2.37 bits per heavy atom. The molecule has 3 nitrogen and oxygen atoms in total. The normalized spacial score (nSPS) is 11.1. The van der Waals surface area contributed by atoms with E-state index in [1.54, 1.807) is 25.3 Å². The van der Waals surface area contributed by atoms with E-state index < -0.39 is 5.92 Å². The molecule has 0 fully saturated rings. The molecule has 0 spiro atoms. The molecule has 0 N–H and O–H groups in total. The highest BCUT2D eigenvalue weighted by Gasteiger charge is 2.17. The largest absolute Gasteiger partial charge is 0.497 e. The summed E-state index contributed by atoms with van der Waals surface area (Å²) in [7, 11) is 1.55. The average Bonchev–Trinajstić information content (AvgIpc) is 2.49. The molecule has 0 bridgehead atoms. The van der Waals surface area contributed by atoms with Crippen LogP contribution in [0.4, 0.5) is 0 Å². The van der Waals surface area contributed by atoms with Crippen LogP contribution in [-0.2, 0) is 0 Å². The van der Waals surface area contributed by atoms with Gasteiger partial charge in [0.2, 0.25) is 0 Å². The van der Waals surface area contributed by atoms with Crippen LogP contribution in [0.25, 0.3) is 0 Å². The Labute approximate surface area is 112 Å². The summed E-state index contributed by atoms with van der Waals surface area (Å²) in [6, 6.07) is 19.0. The van der Waals surface area contributed by atoms with Gasteiger partial charge in [0, 0.05) is 0 Å². The van der Waals surface area contributed by atoms with Gasteiger partial charge in [-0.05, 0) is 23.3 Å². The molecule has 0 saturated heterocycles. The number of benzene rings is 2. The van der Waals surface area contributed by atoms with Crippen LogP contribution in [0.15, 0.2) is 48.5 Å². The molecule has 2 rings (SSSR count). The van der Waals surface area contributed by atoms with Crippen molar-refractivity contribution in [3.63, 3.8) is 0 Å². The molecular weight excluding hydrogens is 236 g/mol. The van der Waals surface area contributed by atoms with E-state index in [1.165, 1.54) is 0 Å². The fraction of sp³-hybridized carbons (Fsp3) is 0.125. The molecule has 0 aliphatic heterocycles. The third kappa shape index (κ3) is 2.56. The predicted molar refractivity (Wildman–Crippen MR) is 71.6 cm³/mol. The summed E-state index contributed by atoms with van der Waals surface area (Å²) >= 11 is 0. The van der Waals surface area contributed by atoms with Crippen LogP contribution in [0.2, 0.25) is 0 Å². The molecule has 0 saturated carbocycles. The molecule has 1 atom stereocenters. The van der Waals surface area contributed by atoms with E-state index in [1.807, 2.05) is 30.3 Å². The van der Waals surface area contributed by atoms with Crippen LogP contribution in [0, 0.1) is 22.7 Å². The molecule has 3 heteroatoms. The third-order valence-corrected chi connectivity index (χ3v) is 2.95. The van der Waals surface area contributed by atoms with Crippen LogP contribution >= 0.6 is 0 Å². The fourth-order valence-corrected chi connectivity index (χ4v) is 1.98. The topological polar surface area (TPSA) is 56.8 Å². The number of methoxy groups -OCH3 is 1. The van der Waals surface area contributed by atoms with Crippen molar-refractivity contribution >= 4 is 0 Å². The molecule has 1 unspecified atom stereocenters. The van der Waals surface area contributed by atoms with Crippen molar-refractivity contribution in [2.45, 2.75) is 5.92 Å². The SMILES string of the molecule is COc1ccc(C(C#N)c2ccccc2)c(C#N)c1. The Morgan fingerprint density at radius 2 is 1.79 bits per heavy atom. The van der Waals surface area contributed by atoms with Crippen molar-refractivity contribution in [2.75, 3.05) is 7.11 Å². The minimum atomic E-state index is -0.443. The maximum Gasteiger partial charge on any atom is 0.120 e. The van der Waals surface area contributed by atoms with Gasteiger partial charge >= 0.3 is 0 Å². The second-order valence-electron chi connectivity index (χ2n) is 4.04. The Kier molecular flexibility index (Phi) is 3.81. The van der Waals surface area contributed by atoms with Gasteiger partial charge in [0.25, 0.3) is 0 Å². The summed E-state index contributed by atoms with van der Waals surface area (Å²) < 4.78 is 5.10. The van der Waals surface area contributed by atoms with Gasteiger partial charge in [-0.2, -0.15) is 10.5 Å².